The van der Waals surface area contributed by atoms with E-state index in [-0.39, 0.29) is 18.9 Å². The minimum absolute atomic E-state index is 0.0677. The molecule has 0 radical (unpaired) electrons. The van der Waals surface area contributed by atoms with Crippen LogP contribution in [0.5, 0.6) is 0 Å². The Labute approximate surface area is 149 Å². The highest BCUT2D eigenvalue weighted by molar-refractivity contribution is 6.21. The van der Waals surface area contributed by atoms with Crippen LogP contribution in [0.1, 0.15) is 37.5 Å². The van der Waals surface area contributed by atoms with Crippen LogP contribution in [-0.2, 0) is 9.53 Å². The third-order valence-corrected chi connectivity index (χ3v) is 3.88. The lowest BCUT2D eigenvalue weighted by Crippen LogP contribution is -2.34. The molecule has 0 spiro atoms. The van der Waals surface area contributed by atoms with Crippen LogP contribution in [0.4, 0.5) is 0 Å². The van der Waals surface area contributed by atoms with Crippen molar-refractivity contribution in [1.29, 1.82) is 0 Å². The van der Waals surface area contributed by atoms with Crippen molar-refractivity contribution in [3.8, 4) is 0 Å². The van der Waals surface area contributed by atoms with Crippen LogP contribution < -0.4 is 5.32 Å². The number of nitrogens with one attached hydrogen (secondary N) is 1. The van der Waals surface area contributed by atoms with Crippen LogP contribution in [-0.4, -0.2) is 41.9 Å². The number of hydrogen-bond acceptors (Lipinski definition) is 5. The molecule has 7 heteroatoms. The zero-order valence-corrected chi connectivity index (χ0v) is 13.8. The van der Waals surface area contributed by atoms with Gasteiger partial charge in [0.05, 0.1) is 17.5 Å². The molecule has 0 aliphatic carbocycles. The minimum atomic E-state index is -0.616. The molecule has 1 N–H and O–H groups in total. The number of nitrogens with zero attached hydrogens (tertiary/aromatic N) is 1. The molecule has 2 aromatic carbocycles. The predicted octanol–water partition coefficient (Wildman–Crippen LogP) is 1.60. The van der Waals surface area contributed by atoms with Crippen molar-refractivity contribution in [3.63, 3.8) is 0 Å². The third-order valence-electron chi connectivity index (χ3n) is 3.88. The van der Waals surface area contributed by atoms with Gasteiger partial charge in [-0.05, 0) is 24.3 Å². The van der Waals surface area contributed by atoms with E-state index in [1.807, 2.05) is 0 Å². The van der Waals surface area contributed by atoms with E-state index in [0.717, 1.165) is 4.90 Å². The van der Waals surface area contributed by atoms with Crippen LogP contribution in [0.25, 0.3) is 0 Å². The molecule has 0 saturated heterocycles. The van der Waals surface area contributed by atoms with Gasteiger partial charge in [0.25, 0.3) is 17.7 Å². The Bertz CT molecular complexity index is 828. The van der Waals surface area contributed by atoms with E-state index in [1.165, 1.54) is 0 Å². The fourth-order valence-electron chi connectivity index (χ4n) is 2.53. The third kappa shape index (κ3) is 3.61. The van der Waals surface area contributed by atoms with E-state index in [9.17, 15) is 19.2 Å². The molecule has 1 heterocycles. The highest BCUT2D eigenvalue weighted by Crippen LogP contribution is 2.22. The lowest BCUT2D eigenvalue weighted by Gasteiger charge is -2.14. The molecule has 3 amide bonds. The molecule has 132 valence electrons. The van der Waals surface area contributed by atoms with E-state index in [2.05, 4.69) is 5.32 Å². The first-order chi connectivity index (χ1) is 12.6. The standard InChI is InChI=1S/C19H16N2O5/c22-16(10-11-20-17(23)13-6-2-1-3-7-13)26-12-21-18(24)14-8-4-5-9-15(14)19(21)25/h1-9H,10-12H2,(H,20,23). The lowest BCUT2D eigenvalue weighted by molar-refractivity contribution is -0.146. The van der Waals surface area contributed by atoms with Gasteiger partial charge >= 0.3 is 5.97 Å². The Morgan fingerprint density at radius 3 is 2.08 bits per heavy atom. The molecule has 1 aliphatic heterocycles. The number of fused-ring (bicyclic) bond motifs is 1. The maximum atomic E-state index is 12.1. The molecule has 0 saturated carbocycles. The van der Waals surface area contributed by atoms with E-state index < -0.39 is 24.5 Å². The Hall–Kier alpha value is -3.48. The number of benzene rings is 2. The maximum absolute atomic E-state index is 12.1. The van der Waals surface area contributed by atoms with Gasteiger partial charge in [0.1, 0.15) is 0 Å². The van der Waals surface area contributed by atoms with Gasteiger partial charge in [-0.15, -0.1) is 0 Å². The molecular formula is C19H16N2O5. The van der Waals surface area contributed by atoms with Gasteiger partial charge in [0.15, 0.2) is 6.73 Å². The van der Waals surface area contributed by atoms with E-state index in [1.54, 1.807) is 54.6 Å². The number of hydrogen-bond donors (Lipinski definition) is 1. The largest absolute Gasteiger partial charge is 0.444 e. The number of esters is 1. The van der Waals surface area contributed by atoms with Crippen molar-refractivity contribution in [2.24, 2.45) is 0 Å². The summed E-state index contributed by atoms with van der Waals surface area (Å²) >= 11 is 0. The first-order valence-corrected chi connectivity index (χ1v) is 8.02. The second-order valence-corrected chi connectivity index (χ2v) is 5.60. The zero-order valence-electron chi connectivity index (χ0n) is 13.8. The quantitative estimate of drug-likeness (QED) is 0.630. The summed E-state index contributed by atoms with van der Waals surface area (Å²) < 4.78 is 4.98. The topological polar surface area (TPSA) is 92.8 Å². The molecular weight excluding hydrogens is 336 g/mol. The monoisotopic (exact) mass is 352 g/mol. The van der Waals surface area contributed by atoms with Gasteiger partial charge in [-0.1, -0.05) is 30.3 Å². The Balaban J connectivity index is 1.44. The number of ether oxygens (including phenoxy) is 1. The molecule has 0 aromatic heterocycles. The Morgan fingerprint density at radius 2 is 1.46 bits per heavy atom. The average Bonchev–Trinajstić information content (AvgIpc) is 2.91. The van der Waals surface area contributed by atoms with E-state index >= 15 is 0 Å². The summed E-state index contributed by atoms with van der Waals surface area (Å²) in [4.78, 5) is 48.8. The van der Waals surface area contributed by atoms with Gasteiger partial charge in [-0.2, -0.15) is 0 Å². The normalized spacial score (nSPS) is 12.7. The summed E-state index contributed by atoms with van der Waals surface area (Å²) in [5.41, 5.74) is 1.08. The fraction of sp³-hybridized carbons (Fsp3) is 0.158. The lowest BCUT2D eigenvalue weighted by atomic mass is 10.1. The number of carbonyl (C=O) groups excluding carboxylic acids is 4. The zero-order chi connectivity index (χ0) is 18.5. The summed E-state index contributed by atoms with van der Waals surface area (Å²) in [6.07, 6.45) is -0.0677. The predicted molar refractivity (Wildman–Crippen MR) is 91.3 cm³/mol. The van der Waals surface area contributed by atoms with Crippen LogP contribution >= 0.6 is 0 Å². The van der Waals surface area contributed by atoms with Crippen molar-refractivity contribution in [2.45, 2.75) is 6.42 Å². The minimum Gasteiger partial charge on any atom is -0.444 e. The summed E-state index contributed by atoms with van der Waals surface area (Å²) in [6, 6.07) is 15.0. The second kappa shape index (κ2) is 7.60. The van der Waals surface area contributed by atoms with Crippen molar-refractivity contribution < 1.29 is 23.9 Å². The maximum Gasteiger partial charge on any atom is 0.309 e. The van der Waals surface area contributed by atoms with Gasteiger partial charge in [0, 0.05) is 12.1 Å². The molecule has 26 heavy (non-hydrogen) atoms. The smallest absolute Gasteiger partial charge is 0.309 e. The summed E-state index contributed by atoms with van der Waals surface area (Å²) in [7, 11) is 0. The second-order valence-electron chi connectivity index (χ2n) is 5.60. The summed E-state index contributed by atoms with van der Waals surface area (Å²) in [5.74, 6) is -1.89. The van der Waals surface area contributed by atoms with Gasteiger partial charge in [0.2, 0.25) is 0 Å². The number of imide groups is 1. The van der Waals surface area contributed by atoms with Crippen LogP contribution in [0.15, 0.2) is 54.6 Å². The first kappa shape index (κ1) is 17.3. The SMILES string of the molecule is O=C(CCNC(=O)c1ccccc1)OCN1C(=O)c2ccccc2C1=O. The van der Waals surface area contributed by atoms with Crippen molar-refractivity contribution >= 4 is 23.7 Å². The molecule has 0 bridgehead atoms. The number of carbonyl (C=O) groups is 4. The fourth-order valence-corrected chi connectivity index (χ4v) is 2.53. The van der Waals surface area contributed by atoms with Crippen LogP contribution in [0.2, 0.25) is 0 Å². The van der Waals surface area contributed by atoms with Gasteiger partial charge in [-0.25, -0.2) is 4.90 Å². The summed E-state index contributed by atoms with van der Waals surface area (Å²) in [5, 5.41) is 2.60. The molecule has 7 nitrogen and oxygen atoms in total. The number of rotatable bonds is 6. The molecule has 3 rings (SSSR count). The van der Waals surface area contributed by atoms with Gasteiger partial charge < -0.3 is 10.1 Å². The van der Waals surface area contributed by atoms with E-state index in [4.69, 9.17) is 4.74 Å². The highest BCUT2D eigenvalue weighted by atomic mass is 16.5. The average molecular weight is 352 g/mol. The molecule has 2 aromatic rings. The van der Waals surface area contributed by atoms with Crippen LogP contribution in [0.3, 0.4) is 0 Å². The van der Waals surface area contributed by atoms with Crippen molar-refractivity contribution in [2.75, 3.05) is 13.3 Å². The Kier molecular flexibility index (Phi) is 5.07. The first-order valence-electron chi connectivity index (χ1n) is 8.02. The number of amides is 3. The van der Waals surface area contributed by atoms with Crippen molar-refractivity contribution in [1.82, 2.24) is 10.2 Å². The molecule has 0 atom stereocenters. The van der Waals surface area contributed by atoms with Crippen LogP contribution in [0, 0.1) is 0 Å². The Morgan fingerprint density at radius 1 is 0.885 bits per heavy atom. The van der Waals surface area contributed by atoms with E-state index in [0.29, 0.717) is 16.7 Å². The molecule has 0 fully saturated rings. The molecule has 0 unspecified atom stereocenters. The van der Waals surface area contributed by atoms with Gasteiger partial charge in [-0.3, -0.25) is 19.2 Å². The summed E-state index contributed by atoms with van der Waals surface area (Å²) in [6.45, 7) is -0.355. The highest BCUT2D eigenvalue weighted by Gasteiger charge is 2.35. The molecule has 1 aliphatic rings. The van der Waals surface area contributed by atoms with Crippen molar-refractivity contribution in [3.05, 3.63) is 71.3 Å².